The molecule has 104 valence electrons. The Bertz CT molecular complexity index is 618. The van der Waals surface area contributed by atoms with Gasteiger partial charge in [-0.3, -0.25) is 4.79 Å². The van der Waals surface area contributed by atoms with Gasteiger partial charge in [-0.05, 0) is 32.0 Å². The molecule has 0 radical (unpaired) electrons. The highest BCUT2D eigenvalue weighted by Crippen LogP contribution is 2.38. The van der Waals surface area contributed by atoms with Gasteiger partial charge in [0, 0.05) is 30.2 Å². The molecule has 4 heteroatoms. The van der Waals surface area contributed by atoms with E-state index >= 15 is 0 Å². The SMILES string of the molecule is CCN1C(=O)CSC1c1ccn(-c2ccc(C)cc2)c1. The molecule has 0 aliphatic carbocycles. The van der Waals surface area contributed by atoms with Gasteiger partial charge in [0.1, 0.15) is 5.37 Å². The van der Waals surface area contributed by atoms with Gasteiger partial charge in [0.05, 0.1) is 5.75 Å². The third-order valence-electron chi connectivity index (χ3n) is 3.64. The van der Waals surface area contributed by atoms with Gasteiger partial charge >= 0.3 is 0 Å². The highest BCUT2D eigenvalue weighted by molar-refractivity contribution is 8.00. The number of aromatic nitrogens is 1. The maximum Gasteiger partial charge on any atom is 0.233 e. The van der Waals surface area contributed by atoms with E-state index in [9.17, 15) is 4.79 Å². The summed E-state index contributed by atoms with van der Waals surface area (Å²) in [5, 5.41) is 0.166. The van der Waals surface area contributed by atoms with Crippen LogP contribution in [0.2, 0.25) is 0 Å². The zero-order chi connectivity index (χ0) is 14.1. The molecule has 2 aromatic rings. The molecular formula is C16H18N2OS. The van der Waals surface area contributed by atoms with Gasteiger partial charge in [-0.1, -0.05) is 17.7 Å². The van der Waals surface area contributed by atoms with E-state index in [1.165, 1.54) is 11.1 Å². The standard InChI is InChI=1S/C16H18N2OS/c1-3-18-15(19)11-20-16(18)13-8-9-17(10-13)14-6-4-12(2)5-7-14/h4-10,16H,3,11H2,1-2H3. The summed E-state index contributed by atoms with van der Waals surface area (Å²) in [5.74, 6) is 0.833. The number of carbonyl (C=O) groups excluding carboxylic acids is 1. The summed E-state index contributed by atoms with van der Waals surface area (Å²) in [6.07, 6.45) is 4.20. The van der Waals surface area contributed by atoms with Crippen LogP contribution in [-0.2, 0) is 4.79 Å². The first kappa shape index (κ1) is 13.3. The van der Waals surface area contributed by atoms with Crippen molar-refractivity contribution >= 4 is 17.7 Å². The largest absolute Gasteiger partial charge is 0.326 e. The van der Waals surface area contributed by atoms with Gasteiger partial charge in [-0.25, -0.2) is 0 Å². The lowest BCUT2D eigenvalue weighted by Crippen LogP contribution is -2.27. The average Bonchev–Trinajstić information content (AvgIpc) is 3.06. The van der Waals surface area contributed by atoms with E-state index in [1.54, 1.807) is 11.8 Å². The normalized spacial score (nSPS) is 18.8. The van der Waals surface area contributed by atoms with Crippen molar-refractivity contribution in [3.05, 3.63) is 53.9 Å². The molecule has 1 fully saturated rings. The van der Waals surface area contributed by atoms with Gasteiger partial charge in [0.15, 0.2) is 0 Å². The van der Waals surface area contributed by atoms with Gasteiger partial charge in [-0.15, -0.1) is 11.8 Å². The summed E-state index contributed by atoms with van der Waals surface area (Å²) >= 11 is 1.71. The van der Waals surface area contributed by atoms with Crippen molar-refractivity contribution in [2.45, 2.75) is 19.2 Å². The van der Waals surface area contributed by atoms with E-state index in [0.717, 1.165) is 12.2 Å². The average molecular weight is 286 g/mol. The third-order valence-corrected chi connectivity index (χ3v) is 4.90. The molecule has 1 aliphatic heterocycles. The molecule has 1 aromatic carbocycles. The first-order valence-electron chi connectivity index (χ1n) is 6.85. The third kappa shape index (κ3) is 2.36. The van der Waals surface area contributed by atoms with E-state index < -0.39 is 0 Å². The Balaban J connectivity index is 1.87. The van der Waals surface area contributed by atoms with Crippen LogP contribution >= 0.6 is 11.8 Å². The zero-order valence-corrected chi connectivity index (χ0v) is 12.6. The first-order chi connectivity index (χ1) is 9.69. The molecule has 20 heavy (non-hydrogen) atoms. The number of carbonyl (C=O) groups is 1. The molecule has 1 amide bonds. The summed E-state index contributed by atoms with van der Waals surface area (Å²) in [6.45, 7) is 4.89. The van der Waals surface area contributed by atoms with Crippen LogP contribution in [0.3, 0.4) is 0 Å². The summed E-state index contributed by atoms with van der Waals surface area (Å²) in [4.78, 5) is 13.7. The molecule has 1 saturated heterocycles. The van der Waals surface area contributed by atoms with Crippen LogP contribution in [0.25, 0.3) is 5.69 Å². The molecule has 0 N–H and O–H groups in total. The van der Waals surface area contributed by atoms with Crippen molar-refractivity contribution in [3.63, 3.8) is 0 Å². The fourth-order valence-corrected chi connectivity index (χ4v) is 3.75. The van der Waals surface area contributed by atoms with Crippen LogP contribution in [0.15, 0.2) is 42.7 Å². The first-order valence-corrected chi connectivity index (χ1v) is 7.90. The monoisotopic (exact) mass is 286 g/mol. The van der Waals surface area contributed by atoms with E-state index in [0.29, 0.717) is 5.75 Å². The maximum absolute atomic E-state index is 11.8. The predicted molar refractivity (Wildman–Crippen MR) is 83.1 cm³/mol. The Kier molecular flexibility index (Phi) is 3.57. The number of hydrogen-bond donors (Lipinski definition) is 0. The number of thioether (sulfide) groups is 1. The lowest BCUT2D eigenvalue weighted by molar-refractivity contribution is -0.127. The number of hydrogen-bond acceptors (Lipinski definition) is 2. The van der Waals surface area contributed by atoms with Crippen molar-refractivity contribution in [1.29, 1.82) is 0 Å². The summed E-state index contributed by atoms with van der Waals surface area (Å²) in [5.41, 5.74) is 3.61. The van der Waals surface area contributed by atoms with Gasteiger partial charge in [0.25, 0.3) is 0 Å². The molecule has 3 rings (SSSR count). The highest BCUT2D eigenvalue weighted by Gasteiger charge is 2.31. The molecule has 1 atom stereocenters. The van der Waals surface area contributed by atoms with E-state index in [-0.39, 0.29) is 11.3 Å². The zero-order valence-electron chi connectivity index (χ0n) is 11.7. The molecule has 0 spiro atoms. The van der Waals surface area contributed by atoms with Crippen LogP contribution in [0.1, 0.15) is 23.4 Å². The molecule has 0 bridgehead atoms. The van der Waals surface area contributed by atoms with E-state index in [1.807, 2.05) is 11.8 Å². The molecule has 1 aromatic heterocycles. The number of nitrogens with zero attached hydrogens (tertiary/aromatic N) is 2. The smallest absolute Gasteiger partial charge is 0.233 e. The quantitative estimate of drug-likeness (QED) is 0.864. The van der Waals surface area contributed by atoms with Crippen LogP contribution < -0.4 is 0 Å². The van der Waals surface area contributed by atoms with Crippen LogP contribution in [0.4, 0.5) is 0 Å². The van der Waals surface area contributed by atoms with Crippen molar-refractivity contribution in [2.24, 2.45) is 0 Å². The molecule has 2 heterocycles. The fraction of sp³-hybridized carbons (Fsp3) is 0.312. The molecule has 1 aliphatic rings. The number of rotatable bonds is 3. The van der Waals surface area contributed by atoms with Crippen LogP contribution in [-0.4, -0.2) is 27.7 Å². The van der Waals surface area contributed by atoms with Crippen molar-refractivity contribution < 1.29 is 4.79 Å². The molecular weight excluding hydrogens is 268 g/mol. The predicted octanol–water partition coefficient (Wildman–Crippen LogP) is 3.38. The van der Waals surface area contributed by atoms with Gasteiger partial charge < -0.3 is 9.47 Å². The lowest BCUT2D eigenvalue weighted by atomic mass is 10.2. The minimum Gasteiger partial charge on any atom is -0.326 e. The topological polar surface area (TPSA) is 25.2 Å². The van der Waals surface area contributed by atoms with Crippen molar-refractivity contribution in [3.8, 4) is 5.69 Å². The lowest BCUT2D eigenvalue weighted by Gasteiger charge is -2.21. The minimum absolute atomic E-state index is 0.166. The second-order valence-electron chi connectivity index (χ2n) is 5.03. The van der Waals surface area contributed by atoms with Gasteiger partial charge in [-0.2, -0.15) is 0 Å². The molecule has 0 saturated carbocycles. The Labute approximate surface area is 123 Å². The summed E-state index contributed by atoms with van der Waals surface area (Å²) < 4.78 is 2.12. The number of aryl methyl sites for hydroxylation is 1. The Hall–Kier alpha value is -1.68. The second kappa shape index (κ2) is 5.37. The van der Waals surface area contributed by atoms with E-state index in [2.05, 4.69) is 54.2 Å². The Morgan fingerprint density at radius 3 is 2.70 bits per heavy atom. The Morgan fingerprint density at radius 1 is 1.25 bits per heavy atom. The second-order valence-corrected chi connectivity index (χ2v) is 6.10. The Morgan fingerprint density at radius 2 is 2.00 bits per heavy atom. The number of benzene rings is 1. The maximum atomic E-state index is 11.8. The highest BCUT2D eigenvalue weighted by atomic mass is 32.2. The summed E-state index contributed by atoms with van der Waals surface area (Å²) in [7, 11) is 0. The minimum atomic E-state index is 0.166. The molecule has 1 unspecified atom stereocenters. The van der Waals surface area contributed by atoms with Crippen LogP contribution in [0, 0.1) is 6.92 Å². The summed E-state index contributed by atoms with van der Waals surface area (Å²) in [6, 6.07) is 10.6. The molecule has 3 nitrogen and oxygen atoms in total. The van der Waals surface area contributed by atoms with Crippen molar-refractivity contribution in [2.75, 3.05) is 12.3 Å². The van der Waals surface area contributed by atoms with Gasteiger partial charge in [0.2, 0.25) is 5.91 Å². The van der Waals surface area contributed by atoms with Crippen molar-refractivity contribution in [1.82, 2.24) is 9.47 Å². The fourth-order valence-electron chi connectivity index (χ4n) is 2.51. The number of amides is 1. The van der Waals surface area contributed by atoms with Crippen LogP contribution in [0.5, 0.6) is 0 Å². The van der Waals surface area contributed by atoms with E-state index in [4.69, 9.17) is 0 Å².